The van der Waals surface area contributed by atoms with Crippen LogP contribution in [0.5, 0.6) is 0 Å². The predicted octanol–water partition coefficient (Wildman–Crippen LogP) is 1.30. The summed E-state index contributed by atoms with van der Waals surface area (Å²) in [7, 11) is 1.88. The van der Waals surface area contributed by atoms with E-state index < -0.39 is 0 Å². The lowest BCUT2D eigenvalue weighted by Gasteiger charge is -2.07. The Balaban J connectivity index is 2.07. The fourth-order valence-electron chi connectivity index (χ4n) is 1.41. The second kappa shape index (κ2) is 5.63. The molecule has 0 aliphatic heterocycles. The van der Waals surface area contributed by atoms with Gasteiger partial charge < -0.3 is 10.6 Å². The summed E-state index contributed by atoms with van der Waals surface area (Å²) < 4.78 is 1.78. The highest BCUT2D eigenvalue weighted by Crippen LogP contribution is 2.10. The number of halogens is 1. The van der Waals surface area contributed by atoms with Crippen molar-refractivity contribution in [2.75, 3.05) is 17.2 Å². The molecule has 96 valence electrons. The molecule has 2 N–H and O–H groups in total. The van der Waals surface area contributed by atoms with E-state index in [9.17, 15) is 0 Å². The zero-order valence-corrected chi connectivity index (χ0v) is 10.9. The highest BCUT2D eigenvalue weighted by Gasteiger charge is 2.05. The lowest BCUT2D eigenvalue weighted by atomic mass is 10.4. The van der Waals surface area contributed by atoms with Gasteiger partial charge in [-0.2, -0.15) is 20.1 Å². The largest absolute Gasteiger partial charge is 0.354 e. The van der Waals surface area contributed by atoms with Crippen LogP contribution in [0.15, 0.2) is 12.3 Å². The van der Waals surface area contributed by atoms with E-state index in [2.05, 4.69) is 30.7 Å². The van der Waals surface area contributed by atoms with E-state index >= 15 is 0 Å². The Morgan fingerprint density at radius 2 is 1.94 bits per heavy atom. The summed E-state index contributed by atoms with van der Waals surface area (Å²) in [5.41, 5.74) is 1.02. The van der Waals surface area contributed by atoms with Gasteiger partial charge in [0.1, 0.15) is 0 Å². The number of anilines is 2. The molecule has 0 radical (unpaired) electrons. The molecule has 2 heterocycles. The summed E-state index contributed by atoms with van der Waals surface area (Å²) in [6, 6.07) is 1.92. The molecule has 0 fully saturated rings. The molecule has 0 aliphatic carbocycles. The zero-order valence-electron chi connectivity index (χ0n) is 10.2. The van der Waals surface area contributed by atoms with Crippen LogP contribution in [0.25, 0.3) is 0 Å². The van der Waals surface area contributed by atoms with Crippen LogP contribution in [-0.2, 0) is 13.6 Å². The van der Waals surface area contributed by atoms with Gasteiger partial charge in [-0.3, -0.25) is 4.68 Å². The van der Waals surface area contributed by atoms with Crippen molar-refractivity contribution in [3.8, 4) is 0 Å². The van der Waals surface area contributed by atoms with E-state index in [0.717, 1.165) is 12.2 Å². The van der Waals surface area contributed by atoms with Crippen LogP contribution in [0, 0.1) is 0 Å². The van der Waals surface area contributed by atoms with Crippen LogP contribution in [0.3, 0.4) is 0 Å². The first-order valence-corrected chi connectivity index (χ1v) is 5.93. The topological polar surface area (TPSA) is 80.5 Å². The second-order valence-electron chi connectivity index (χ2n) is 3.58. The Bertz CT molecular complexity index is 525. The second-order valence-corrected chi connectivity index (χ2v) is 3.92. The lowest BCUT2D eigenvalue weighted by Crippen LogP contribution is -2.10. The van der Waals surface area contributed by atoms with E-state index in [1.807, 2.05) is 20.0 Å². The smallest absolute Gasteiger partial charge is 0.229 e. The number of nitrogens with one attached hydrogen (secondary N) is 2. The molecular weight excluding hydrogens is 254 g/mol. The van der Waals surface area contributed by atoms with E-state index in [-0.39, 0.29) is 5.28 Å². The van der Waals surface area contributed by atoms with Gasteiger partial charge in [0.15, 0.2) is 0 Å². The van der Waals surface area contributed by atoms with Gasteiger partial charge in [0, 0.05) is 19.8 Å². The minimum Gasteiger partial charge on any atom is -0.354 e. The minimum atomic E-state index is 0.161. The molecule has 0 spiro atoms. The van der Waals surface area contributed by atoms with Crippen molar-refractivity contribution in [2.24, 2.45) is 7.05 Å². The molecule has 0 atom stereocenters. The molecule has 0 aromatic carbocycles. The quantitative estimate of drug-likeness (QED) is 0.850. The maximum Gasteiger partial charge on any atom is 0.229 e. The Labute approximate surface area is 110 Å². The molecule has 0 bridgehead atoms. The van der Waals surface area contributed by atoms with Crippen LogP contribution in [0.2, 0.25) is 5.28 Å². The molecule has 0 unspecified atom stereocenters. The van der Waals surface area contributed by atoms with Crippen molar-refractivity contribution in [3.63, 3.8) is 0 Å². The molecule has 2 aromatic heterocycles. The molecule has 2 rings (SSSR count). The third kappa shape index (κ3) is 3.07. The van der Waals surface area contributed by atoms with E-state index in [0.29, 0.717) is 18.4 Å². The molecule has 8 heteroatoms. The summed E-state index contributed by atoms with van der Waals surface area (Å²) in [5, 5.41) is 10.3. The third-order valence-corrected chi connectivity index (χ3v) is 2.46. The average molecular weight is 268 g/mol. The van der Waals surface area contributed by atoms with E-state index in [1.54, 1.807) is 10.9 Å². The monoisotopic (exact) mass is 267 g/mol. The third-order valence-electron chi connectivity index (χ3n) is 2.29. The van der Waals surface area contributed by atoms with Gasteiger partial charge in [-0.15, -0.1) is 0 Å². The van der Waals surface area contributed by atoms with Gasteiger partial charge in [-0.1, -0.05) is 0 Å². The first-order chi connectivity index (χ1) is 8.69. The number of nitrogens with zero attached hydrogens (tertiary/aromatic N) is 5. The Morgan fingerprint density at radius 1 is 1.22 bits per heavy atom. The van der Waals surface area contributed by atoms with Crippen molar-refractivity contribution in [1.82, 2.24) is 24.7 Å². The highest BCUT2D eigenvalue weighted by molar-refractivity contribution is 6.28. The van der Waals surface area contributed by atoms with Gasteiger partial charge >= 0.3 is 0 Å². The maximum atomic E-state index is 5.82. The summed E-state index contributed by atoms with van der Waals surface area (Å²) in [6.07, 6.45) is 1.74. The summed E-state index contributed by atoms with van der Waals surface area (Å²) >= 11 is 5.82. The van der Waals surface area contributed by atoms with Crippen LogP contribution in [0.4, 0.5) is 11.9 Å². The first kappa shape index (κ1) is 12.6. The standard InChI is InChI=1S/C10H14ClN7/c1-3-12-9-15-8(11)16-10(17-9)13-6-7-4-5-14-18(7)2/h4-5H,3,6H2,1-2H3,(H2,12,13,15,16,17). The Kier molecular flexibility index (Phi) is 3.93. The van der Waals surface area contributed by atoms with Crippen molar-refractivity contribution < 1.29 is 0 Å². The van der Waals surface area contributed by atoms with Crippen molar-refractivity contribution >= 4 is 23.5 Å². The molecule has 2 aromatic rings. The number of rotatable bonds is 5. The van der Waals surface area contributed by atoms with Crippen molar-refractivity contribution in [1.29, 1.82) is 0 Å². The SMILES string of the molecule is CCNc1nc(Cl)nc(NCc2ccnn2C)n1. The number of hydrogen-bond donors (Lipinski definition) is 2. The lowest BCUT2D eigenvalue weighted by molar-refractivity contribution is 0.719. The fourth-order valence-corrected chi connectivity index (χ4v) is 1.57. The normalized spacial score (nSPS) is 10.4. The Morgan fingerprint density at radius 3 is 2.56 bits per heavy atom. The van der Waals surface area contributed by atoms with Crippen LogP contribution >= 0.6 is 11.6 Å². The molecule has 0 saturated heterocycles. The maximum absolute atomic E-state index is 5.82. The van der Waals surface area contributed by atoms with Crippen molar-refractivity contribution in [2.45, 2.75) is 13.5 Å². The van der Waals surface area contributed by atoms with Gasteiger partial charge in [-0.25, -0.2) is 0 Å². The van der Waals surface area contributed by atoms with Crippen LogP contribution in [0.1, 0.15) is 12.6 Å². The van der Waals surface area contributed by atoms with Crippen LogP contribution in [-0.4, -0.2) is 31.3 Å². The fraction of sp³-hybridized carbons (Fsp3) is 0.400. The molecule has 0 amide bonds. The van der Waals surface area contributed by atoms with Gasteiger partial charge in [0.25, 0.3) is 0 Å². The van der Waals surface area contributed by atoms with Gasteiger partial charge in [0.05, 0.1) is 12.2 Å². The summed E-state index contributed by atoms with van der Waals surface area (Å²) in [6.45, 7) is 3.25. The number of hydrogen-bond acceptors (Lipinski definition) is 6. The van der Waals surface area contributed by atoms with Gasteiger partial charge in [0.2, 0.25) is 17.2 Å². The summed E-state index contributed by atoms with van der Waals surface area (Å²) in [5.74, 6) is 0.900. The molecule has 0 aliphatic rings. The molecule has 0 saturated carbocycles. The van der Waals surface area contributed by atoms with E-state index in [4.69, 9.17) is 11.6 Å². The van der Waals surface area contributed by atoms with Crippen molar-refractivity contribution in [3.05, 3.63) is 23.2 Å². The molecule has 18 heavy (non-hydrogen) atoms. The Hall–Kier alpha value is -1.89. The summed E-state index contributed by atoms with van der Waals surface area (Å²) in [4.78, 5) is 12.2. The average Bonchev–Trinajstić information content (AvgIpc) is 2.72. The first-order valence-electron chi connectivity index (χ1n) is 5.55. The predicted molar refractivity (Wildman–Crippen MR) is 69.5 cm³/mol. The van der Waals surface area contributed by atoms with Gasteiger partial charge in [-0.05, 0) is 24.6 Å². The molecular formula is C10H14ClN7. The van der Waals surface area contributed by atoms with E-state index in [1.165, 1.54) is 0 Å². The molecule has 7 nitrogen and oxygen atoms in total. The zero-order chi connectivity index (χ0) is 13.0. The number of aromatic nitrogens is 5. The highest BCUT2D eigenvalue weighted by atomic mass is 35.5. The number of aryl methyl sites for hydroxylation is 1. The van der Waals surface area contributed by atoms with Crippen LogP contribution < -0.4 is 10.6 Å². The minimum absolute atomic E-state index is 0.161.